The monoisotopic (exact) mass is 426 g/mol. The maximum atomic E-state index is 13.1. The summed E-state index contributed by atoms with van der Waals surface area (Å²) < 4.78 is 5.78. The number of rotatable bonds is 6. The number of amides is 4. The highest BCUT2D eigenvalue weighted by molar-refractivity contribution is 6.39. The summed E-state index contributed by atoms with van der Waals surface area (Å²) in [6, 6.07) is 9.44. The van der Waals surface area contributed by atoms with Crippen LogP contribution in [0.5, 0.6) is 5.75 Å². The van der Waals surface area contributed by atoms with Gasteiger partial charge in [-0.25, -0.2) is 9.69 Å². The molecule has 0 bridgehead atoms. The summed E-state index contributed by atoms with van der Waals surface area (Å²) >= 11 is 6.11. The SMILES string of the molecule is CCCCOc1ccc(Cl)cc1C=C1C(=O)NC(=O)N(c2ccc(C)c(C)c2)C1=O. The van der Waals surface area contributed by atoms with Gasteiger partial charge in [0.15, 0.2) is 0 Å². The molecule has 4 amide bonds. The fourth-order valence-corrected chi connectivity index (χ4v) is 3.18. The molecule has 0 saturated carbocycles. The third-order valence-corrected chi connectivity index (χ3v) is 5.11. The summed E-state index contributed by atoms with van der Waals surface area (Å²) in [6.07, 6.45) is 3.25. The van der Waals surface area contributed by atoms with Gasteiger partial charge in [0.05, 0.1) is 12.3 Å². The number of nitrogens with zero attached hydrogens (tertiary/aromatic N) is 1. The van der Waals surface area contributed by atoms with Gasteiger partial charge >= 0.3 is 6.03 Å². The molecule has 6 nitrogen and oxygen atoms in total. The van der Waals surface area contributed by atoms with Crippen LogP contribution in [0.4, 0.5) is 10.5 Å². The minimum Gasteiger partial charge on any atom is -0.493 e. The summed E-state index contributed by atoms with van der Waals surface area (Å²) in [5.41, 5.74) is 2.67. The van der Waals surface area contributed by atoms with Crippen LogP contribution in [-0.4, -0.2) is 24.5 Å². The number of unbranched alkanes of at least 4 members (excludes halogenated alkanes) is 1. The molecular weight excluding hydrogens is 404 g/mol. The van der Waals surface area contributed by atoms with Crippen molar-refractivity contribution in [1.82, 2.24) is 5.32 Å². The molecule has 1 N–H and O–H groups in total. The Morgan fingerprint density at radius 3 is 2.53 bits per heavy atom. The van der Waals surface area contributed by atoms with Crippen molar-refractivity contribution in [3.63, 3.8) is 0 Å². The third kappa shape index (κ3) is 4.54. The molecule has 1 aliphatic heterocycles. The Balaban J connectivity index is 2.00. The minimum absolute atomic E-state index is 0.171. The number of halogens is 1. The average molecular weight is 427 g/mol. The lowest BCUT2D eigenvalue weighted by molar-refractivity contribution is -0.122. The molecular formula is C23H23ClN2O4. The predicted octanol–water partition coefficient (Wildman–Crippen LogP) is 4.80. The van der Waals surface area contributed by atoms with Gasteiger partial charge in [-0.15, -0.1) is 0 Å². The van der Waals surface area contributed by atoms with E-state index in [1.807, 2.05) is 19.9 Å². The second-order valence-corrected chi connectivity index (χ2v) is 7.55. The number of carbonyl (C=O) groups excluding carboxylic acids is 3. The van der Waals surface area contributed by atoms with Crippen molar-refractivity contribution in [1.29, 1.82) is 0 Å². The molecule has 0 spiro atoms. The van der Waals surface area contributed by atoms with Crippen LogP contribution in [0.15, 0.2) is 42.0 Å². The van der Waals surface area contributed by atoms with E-state index in [1.54, 1.807) is 30.3 Å². The Morgan fingerprint density at radius 2 is 1.83 bits per heavy atom. The Hall–Kier alpha value is -3.12. The maximum absolute atomic E-state index is 13.1. The number of carbonyl (C=O) groups is 3. The van der Waals surface area contributed by atoms with Crippen molar-refractivity contribution in [3.8, 4) is 5.75 Å². The Morgan fingerprint density at radius 1 is 1.07 bits per heavy atom. The largest absolute Gasteiger partial charge is 0.493 e. The van der Waals surface area contributed by atoms with Gasteiger partial charge in [-0.1, -0.05) is 31.0 Å². The van der Waals surface area contributed by atoms with E-state index in [2.05, 4.69) is 12.2 Å². The van der Waals surface area contributed by atoms with Crippen LogP contribution in [0, 0.1) is 13.8 Å². The first-order chi connectivity index (χ1) is 14.3. The maximum Gasteiger partial charge on any atom is 0.335 e. The van der Waals surface area contributed by atoms with Crippen molar-refractivity contribution >= 4 is 41.2 Å². The Labute approximate surface area is 180 Å². The summed E-state index contributed by atoms with van der Waals surface area (Å²) in [6.45, 7) is 6.38. The molecule has 1 saturated heterocycles. The number of aryl methyl sites for hydroxylation is 2. The van der Waals surface area contributed by atoms with Gasteiger partial charge in [0, 0.05) is 10.6 Å². The first-order valence-corrected chi connectivity index (χ1v) is 10.1. The van der Waals surface area contributed by atoms with Crippen LogP contribution in [-0.2, 0) is 9.59 Å². The third-order valence-electron chi connectivity index (χ3n) is 4.88. The molecule has 0 radical (unpaired) electrons. The second kappa shape index (κ2) is 9.13. The summed E-state index contributed by atoms with van der Waals surface area (Å²) in [7, 11) is 0. The summed E-state index contributed by atoms with van der Waals surface area (Å²) in [4.78, 5) is 38.9. The van der Waals surface area contributed by atoms with Gasteiger partial charge in [-0.2, -0.15) is 0 Å². The lowest BCUT2D eigenvalue weighted by atomic mass is 10.0. The highest BCUT2D eigenvalue weighted by Crippen LogP contribution is 2.28. The number of benzene rings is 2. The standard InChI is InChI=1S/C23H23ClN2O4/c1-4-5-10-30-20-9-7-17(24)12-16(20)13-19-21(27)25-23(29)26(22(19)28)18-8-6-14(2)15(3)11-18/h6-9,11-13H,4-5,10H2,1-3H3,(H,25,27,29). The van der Waals surface area contributed by atoms with Crippen molar-refractivity contribution in [2.45, 2.75) is 33.6 Å². The quantitative estimate of drug-likeness (QED) is 0.409. The van der Waals surface area contributed by atoms with E-state index in [9.17, 15) is 14.4 Å². The van der Waals surface area contributed by atoms with Crippen LogP contribution in [0.3, 0.4) is 0 Å². The lowest BCUT2D eigenvalue weighted by Gasteiger charge is -2.27. The van der Waals surface area contributed by atoms with Gasteiger partial charge in [-0.3, -0.25) is 14.9 Å². The molecule has 0 unspecified atom stereocenters. The van der Waals surface area contributed by atoms with E-state index in [0.717, 1.165) is 28.9 Å². The molecule has 30 heavy (non-hydrogen) atoms. The number of hydrogen-bond donors (Lipinski definition) is 1. The molecule has 1 aliphatic rings. The van der Waals surface area contributed by atoms with Gasteiger partial charge in [-0.05, 0) is 67.8 Å². The summed E-state index contributed by atoms with van der Waals surface area (Å²) in [5, 5.41) is 2.67. The number of ether oxygens (including phenoxy) is 1. The lowest BCUT2D eigenvalue weighted by Crippen LogP contribution is -2.54. The van der Waals surface area contributed by atoms with Crippen molar-refractivity contribution in [3.05, 3.63) is 63.7 Å². The molecule has 2 aromatic carbocycles. The van der Waals surface area contributed by atoms with Crippen molar-refractivity contribution < 1.29 is 19.1 Å². The molecule has 3 rings (SSSR count). The highest BCUT2D eigenvalue weighted by Gasteiger charge is 2.37. The van der Waals surface area contributed by atoms with E-state index in [4.69, 9.17) is 16.3 Å². The van der Waals surface area contributed by atoms with Gasteiger partial charge in [0.2, 0.25) is 0 Å². The van der Waals surface area contributed by atoms with Gasteiger partial charge in [0.25, 0.3) is 11.8 Å². The van der Waals surface area contributed by atoms with Crippen LogP contribution in [0.2, 0.25) is 5.02 Å². The smallest absolute Gasteiger partial charge is 0.335 e. The number of urea groups is 1. The van der Waals surface area contributed by atoms with Crippen LogP contribution < -0.4 is 15.0 Å². The van der Waals surface area contributed by atoms with E-state index >= 15 is 0 Å². The fourth-order valence-electron chi connectivity index (χ4n) is 3.00. The summed E-state index contributed by atoms with van der Waals surface area (Å²) in [5.74, 6) is -0.952. The molecule has 7 heteroatoms. The van der Waals surface area contributed by atoms with Crippen LogP contribution in [0.1, 0.15) is 36.5 Å². The van der Waals surface area contributed by atoms with Gasteiger partial charge < -0.3 is 4.74 Å². The van der Waals surface area contributed by atoms with Crippen molar-refractivity contribution in [2.75, 3.05) is 11.5 Å². The van der Waals surface area contributed by atoms with E-state index in [-0.39, 0.29) is 5.57 Å². The molecule has 0 aromatic heterocycles. The molecule has 0 aliphatic carbocycles. The molecule has 156 valence electrons. The molecule has 1 heterocycles. The average Bonchev–Trinajstić information content (AvgIpc) is 2.69. The molecule has 2 aromatic rings. The van der Waals surface area contributed by atoms with E-state index < -0.39 is 17.8 Å². The number of hydrogen-bond acceptors (Lipinski definition) is 4. The fraction of sp³-hybridized carbons (Fsp3) is 0.261. The van der Waals surface area contributed by atoms with E-state index in [1.165, 1.54) is 6.08 Å². The number of anilines is 1. The zero-order valence-corrected chi connectivity index (χ0v) is 17.9. The predicted molar refractivity (Wildman–Crippen MR) is 117 cm³/mol. The zero-order valence-electron chi connectivity index (χ0n) is 17.1. The van der Waals surface area contributed by atoms with Gasteiger partial charge in [0.1, 0.15) is 11.3 Å². The normalized spacial score (nSPS) is 15.5. The Kier molecular flexibility index (Phi) is 6.57. The minimum atomic E-state index is -0.782. The second-order valence-electron chi connectivity index (χ2n) is 7.11. The first kappa shape index (κ1) is 21.6. The first-order valence-electron chi connectivity index (χ1n) is 9.73. The van der Waals surface area contributed by atoms with Crippen LogP contribution in [0.25, 0.3) is 6.08 Å². The zero-order chi connectivity index (χ0) is 21.8. The van der Waals surface area contributed by atoms with Crippen molar-refractivity contribution in [2.24, 2.45) is 0 Å². The number of nitrogens with one attached hydrogen (secondary N) is 1. The number of barbiturate groups is 1. The molecule has 1 fully saturated rings. The topological polar surface area (TPSA) is 75.7 Å². The molecule has 0 atom stereocenters. The van der Waals surface area contributed by atoms with Crippen LogP contribution >= 0.6 is 11.6 Å². The Bertz CT molecular complexity index is 1050. The van der Waals surface area contributed by atoms with E-state index in [0.29, 0.717) is 28.6 Å². The highest BCUT2D eigenvalue weighted by atomic mass is 35.5. The number of imide groups is 2.